The van der Waals surface area contributed by atoms with Crippen LogP contribution in [-0.4, -0.2) is 38.1 Å². The van der Waals surface area contributed by atoms with Crippen molar-refractivity contribution in [1.82, 2.24) is 10.2 Å². The van der Waals surface area contributed by atoms with Crippen LogP contribution in [0, 0.1) is 0 Å². The van der Waals surface area contributed by atoms with Gasteiger partial charge in [-0.3, -0.25) is 0 Å². The predicted molar refractivity (Wildman–Crippen MR) is 57.7 cm³/mol. The third-order valence-corrected chi connectivity index (χ3v) is 1.80. The van der Waals surface area contributed by atoms with Gasteiger partial charge in [-0.2, -0.15) is 0 Å². The molecule has 0 radical (unpaired) electrons. The number of rotatable bonds is 6. The van der Waals surface area contributed by atoms with Crippen LogP contribution in [0.3, 0.4) is 0 Å². The molecule has 0 saturated heterocycles. The molecule has 0 atom stereocenters. The normalized spacial score (nSPS) is 9.50. The second kappa shape index (κ2) is 13.5. The molecule has 0 aromatic heterocycles. The fourth-order valence-corrected chi connectivity index (χ4v) is 1.02. The van der Waals surface area contributed by atoms with Gasteiger partial charge in [-0.15, -0.1) is 0 Å². The molecule has 0 amide bonds. The van der Waals surface area contributed by atoms with Gasteiger partial charge < -0.3 is 10.2 Å². The van der Waals surface area contributed by atoms with Gasteiger partial charge in [-0.05, 0) is 39.6 Å². The molecule has 2 nitrogen and oxygen atoms in total. The molecule has 0 aromatic carbocycles. The quantitative estimate of drug-likeness (QED) is 0.619. The van der Waals surface area contributed by atoms with Crippen LogP contribution in [0.2, 0.25) is 0 Å². The molecule has 1 N–H and O–H groups in total. The third-order valence-electron chi connectivity index (χ3n) is 1.80. The number of hydrogen-bond donors (Lipinski definition) is 1. The summed E-state index contributed by atoms with van der Waals surface area (Å²) in [4.78, 5) is 2.44. The molecule has 0 unspecified atom stereocenters. The minimum absolute atomic E-state index is 1.14. The van der Waals surface area contributed by atoms with Crippen molar-refractivity contribution in [3.8, 4) is 0 Å². The van der Waals surface area contributed by atoms with Gasteiger partial charge in [0.15, 0.2) is 0 Å². The highest BCUT2D eigenvalue weighted by atomic mass is 15.1. The fourth-order valence-electron chi connectivity index (χ4n) is 1.02. The van der Waals surface area contributed by atoms with Crippen molar-refractivity contribution >= 4 is 0 Å². The largest absolute Gasteiger partial charge is 0.320 e. The molecule has 0 fully saturated rings. The van der Waals surface area contributed by atoms with Crippen LogP contribution in [0.5, 0.6) is 0 Å². The number of nitrogens with zero attached hydrogens (tertiary/aromatic N) is 1. The Hall–Kier alpha value is -0.0800. The maximum absolute atomic E-state index is 3.14. The summed E-state index contributed by atoms with van der Waals surface area (Å²) >= 11 is 0. The van der Waals surface area contributed by atoms with Gasteiger partial charge in [-0.25, -0.2) is 0 Å². The smallest absolute Gasteiger partial charge is 0.000687 e. The van der Waals surface area contributed by atoms with E-state index >= 15 is 0 Å². The maximum atomic E-state index is 3.14. The van der Waals surface area contributed by atoms with Gasteiger partial charge in [0.1, 0.15) is 0 Å². The lowest BCUT2D eigenvalue weighted by Gasteiger charge is -2.17. The summed E-state index contributed by atoms with van der Waals surface area (Å²) in [6, 6.07) is 0. The minimum Gasteiger partial charge on any atom is -0.320 e. The average molecular weight is 174 g/mol. The topological polar surface area (TPSA) is 15.3 Å². The Bertz CT molecular complexity index is 60.9. The predicted octanol–water partition coefficient (Wildman–Crippen LogP) is 1.96. The summed E-state index contributed by atoms with van der Waals surface area (Å²) in [5.74, 6) is 0. The van der Waals surface area contributed by atoms with Crippen molar-refractivity contribution in [2.45, 2.75) is 34.1 Å². The first kappa shape index (κ1) is 14.4. The summed E-state index contributed by atoms with van der Waals surface area (Å²) in [7, 11) is 2.00. The molecule has 0 rings (SSSR count). The van der Waals surface area contributed by atoms with Crippen molar-refractivity contribution in [3.63, 3.8) is 0 Å². The zero-order valence-corrected chi connectivity index (χ0v) is 9.48. The van der Waals surface area contributed by atoms with E-state index in [1.54, 1.807) is 0 Å². The molecule has 12 heavy (non-hydrogen) atoms. The molecule has 0 aliphatic heterocycles. The van der Waals surface area contributed by atoms with Gasteiger partial charge in [0.2, 0.25) is 0 Å². The summed E-state index contributed by atoms with van der Waals surface area (Å²) in [5, 5.41) is 3.14. The fraction of sp³-hybridized carbons (Fsp3) is 1.00. The highest BCUT2D eigenvalue weighted by molar-refractivity contribution is 4.52. The van der Waals surface area contributed by atoms with E-state index in [0.29, 0.717) is 0 Å². The van der Waals surface area contributed by atoms with Crippen LogP contribution in [0.4, 0.5) is 0 Å². The SMILES string of the molecule is CC.CCN(CC)CCCNC. The zero-order valence-electron chi connectivity index (χ0n) is 9.48. The van der Waals surface area contributed by atoms with Gasteiger partial charge in [0, 0.05) is 0 Å². The molecule has 0 aliphatic carbocycles. The van der Waals surface area contributed by atoms with Crippen molar-refractivity contribution in [3.05, 3.63) is 0 Å². The lowest BCUT2D eigenvalue weighted by atomic mass is 10.4. The van der Waals surface area contributed by atoms with Crippen LogP contribution in [-0.2, 0) is 0 Å². The van der Waals surface area contributed by atoms with Crippen molar-refractivity contribution in [2.75, 3.05) is 33.2 Å². The van der Waals surface area contributed by atoms with Crippen LogP contribution >= 0.6 is 0 Å². The molecule has 0 spiro atoms. The molecular formula is C10H26N2. The molecule has 0 aliphatic rings. The Morgan fingerprint density at radius 2 is 1.58 bits per heavy atom. The second-order valence-electron chi connectivity index (χ2n) is 2.48. The van der Waals surface area contributed by atoms with Crippen molar-refractivity contribution < 1.29 is 0 Å². The summed E-state index contributed by atoms with van der Waals surface area (Å²) in [6.45, 7) is 13.1. The highest BCUT2D eigenvalue weighted by Gasteiger charge is 1.95. The van der Waals surface area contributed by atoms with Crippen molar-refractivity contribution in [1.29, 1.82) is 0 Å². The van der Waals surface area contributed by atoms with Gasteiger partial charge in [0.05, 0.1) is 0 Å². The molecule has 0 heterocycles. The number of nitrogens with one attached hydrogen (secondary N) is 1. The van der Waals surface area contributed by atoms with E-state index in [4.69, 9.17) is 0 Å². The first-order chi connectivity index (χ1) is 5.85. The first-order valence-corrected chi connectivity index (χ1v) is 5.22. The van der Waals surface area contributed by atoms with E-state index in [9.17, 15) is 0 Å². The van der Waals surface area contributed by atoms with E-state index < -0.39 is 0 Å². The number of hydrogen-bond acceptors (Lipinski definition) is 2. The Balaban J connectivity index is 0. The molecular weight excluding hydrogens is 148 g/mol. The molecule has 0 aromatic rings. The molecule has 2 heteroatoms. The lowest BCUT2D eigenvalue weighted by molar-refractivity contribution is 0.299. The van der Waals surface area contributed by atoms with Crippen molar-refractivity contribution in [2.24, 2.45) is 0 Å². The minimum atomic E-state index is 1.14. The van der Waals surface area contributed by atoms with Crippen LogP contribution in [0.25, 0.3) is 0 Å². The molecule has 0 saturated carbocycles. The van der Waals surface area contributed by atoms with E-state index in [1.165, 1.54) is 26.1 Å². The summed E-state index contributed by atoms with van der Waals surface area (Å²) in [5.41, 5.74) is 0. The second-order valence-corrected chi connectivity index (χ2v) is 2.48. The Labute approximate surface area is 78.3 Å². The summed E-state index contributed by atoms with van der Waals surface area (Å²) < 4.78 is 0. The molecule has 0 bridgehead atoms. The summed E-state index contributed by atoms with van der Waals surface area (Å²) in [6.07, 6.45) is 1.26. The van der Waals surface area contributed by atoms with Gasteiger partial charge in [0.25, 0.3) is 0 Å². The van der Waals surface area contributed by atoms with E-state index in [2.05, 4.69) is 24.1 Å². The first-order valence-electron chi connectivity index (χ1n) is 5.22. The van der Waals surface area contributed by atoms with E-state index in [-0.39, 0.29) is 0 Å². The average Bonchev–Trinajstić information content (AvgIpc) is 2.16. The zero-order chi connectivity index (χ0) is 9.82. The van der Waals surface area contributed by atoms with E-state index in [0.717, 1.165) is 6.54 Å². The van der Waals surface area contributed by atoms with E-state index in [1.807, 2.05) is 20.9 Å². The Morgan fingerprint density at radius 3 is 1.92 bits per heavy atom. The third kappa shape index (κ3) is 9.92. The standard InChI is InChI=1S/C8H20N2.C2H6/c1-4-10(5-2)8-6-7-9-3;1-2/h9H,4-8H2,1-3H3;1-2H3. The van der Waals surface area contributed by atoms with Crippen LogP contribution in [0.1, 0.15) is 34.1 Å². The van der Waals surface area contributed by atoms with Gasteiger partial charge in [-0.1, -0.05) is 27.7 Å². The Morgan fingerprint density at radius 1 is 1.08 bits per heavy atom. The maximum Gasteiger partial charge on any atom is -0.000687 e. The monoisotopic (exact) mass is 174 g/mol. The van der Waals surface area contributed by atoms with Gasteiger partial charge >= 0.3 is 0 Å². The Kier molecular flexibility index (Phi) is 16.3. The lowest BCUT2D eigenvalue weighted by Crippen LogP contribution is -2.26. The molecule has 76 valence electrons. The van der Waals surface area contributed by atoms with Crippen LogP contribution in [0.15, 0.2) is 0 Å². The van der Waals surface area contributed by atoms with Crippen LogP contribution < -0.4 is 5.32 Å². The highest BCUT2D eigenvalue weighted by Crippen LogP contribution is 1.88.